The van der Waals surface area contributed by atoms with Crippen LogP contribution in [-0.4, -0.2) is 28.9 Å². The molecule has 176 valence electrons. The van der Waals surface area contributed by atoms with Gasteiger partial charge in [-0.2, -0.15) is 8.78 Å². The van der Waals surface area contributed by atoms with Gasteiger partial charge in [-0.1, -0.05) is 0 Å². The maximum absolute atomic E-state index is 14.8. The number of anilines is 1. The number of benzene rings is 2. The molecule has 2 aromatic carbocycles. The molecule has 1 saturated carbocycles. The molecule has 0 aliphatic heterocycles. The largest absolute Gasteiger partial charge is 0.481 e. The molecule has 0 radical (unpaired) electrons. The lowest BCUT2D eigenvalue weighted by Crippen LogP contribution is -2.46. The van der Waals surface area contributed by atoms with Gasteiger partial charge < -0.3 is 15.7 Å². The summed E-state index contributed by atoms with van der Waals surface area (Å²) < 4.78 is 57.3. The summed E-state index contributed by atoms with van der Waals surface area (Å²) >= 11 is 0. The zero-order valence-corrected chi connectivity index (χ0v) is 17.6. The molecule has 1 fully saturated rings. The zero-order valence-electron chi connectivity index (χ0n) is 17.6. The molecule has 0 atom stereocenters. The average molecular weight is 466 g/mol. The van der Waals surface area contributed by atoms with Crippen LogP contribution in [0.3, 0.4) is 0 Å². The second kappa shape index (κ2) is 9.60. The molecule has 2 aromatic rings. The number of carboxylic acids is 1. The molecule has 33 heavy (non-hydrogen) atoms. The topological polar surface area (TPSA) is 95.5 Å². The van der Waals surface area contributed by atoms with E-state index in [4.69, 9.17) is 5.11 Å². The molecule has 0 saturated heterocycles. The minimum atomic E-state index is -4.27. The first-order valence-corrected chi connectivity index (χ1v) is 10.3. The van der Waals surface area contributed by atoms with Crippen molar-refractivity contribution < 1.29 is 37.1 Å². The third-order valence-electron chi connectivity index (χ3n) is 5.68. The van der Waals surface area contributed by atoms with E-state index < -0.39 is 52.9 Å². The first-order chi connectivity index (χ1) is 15.5. The Morgan fingerprint density at radius 1 is 0.970 bits per heavy atom. The molecular formula is C23H22F4N2O4. The number of rotatable bonds is 6. The van der Waals surface area contributed by atoms with Crippen LogP contribution in [0.2, 0.25) is 0 Å². The van der Waals surface area contributed by atoms with Crippen molar-refractivity contribution in [3.8, 4) is 0 Å². The predicted octanol–water partition coefficient (Wildman–Crippen LogP) is 4.38. The summed E-state index contributed by atoms with van der Waals surface area (Å²) in [4.78, 5) is 35.7. The molecule has 0 heterocycles. The minimum Gasteiger partial charge on any atom is -0.481 e. The second-order valence-electron chi connectivity index (χ2n) is 8.05. The summed E-state index contributed by atoms with van der Waals surface area (Å²) in [5.41, 5.74) is -1.11. The van der Waals surface area contributed by atoms with Crippen LogP contribution in [-0.2, 0) is 15.5 Å². The van der Waals surface area contributed by atoms with Crippen LogP contribution in [0.25, 0.3) is 0 Å². The number of carbonyl (C=O) groups excluding carboxylic acids is 2. The summed E-state index contributed by atoms with van der Waals surface area (Å²) in [6, 6.07) is 5.36. The molecule has 10 heteroatoms. The Balaban J connectivity index is 1.74. The third kappa shape index (κ3) is 5.50. The normalized spacial score (nSPS) is 18.5. The van der Waals surface area contributed by atoms with Gasteiger partial charge in [-0.25, -0.2) is 8.78 Å². The van der Waals surface area contributed by atoms with Crippen LogP contribution in [0, 0.1) is 24.5 Å². The molecule has 0 aromatic heterocycles. The SMILES string of the molecule is Cc1cc(NC(=O)c2ccc(F)c(C(F)(F)C(=O)NC3CCC(C(=O)O)CC3)c2)ccc1F. The Labute approximate surface area is 187 Å². The smallest absolute Gasteiger partial charge is 0.352 e. The van der Waals surface area contributed by atoms with Gasteiger partial charge in [0.15, 0.2) is 0 Å². The van der Waals surface area contributed by atoms with Crippen LogP contribution < -0.4 is 10.6 Å². The van der Waals surface area contributed by atoms with Crippen molar-refractivity contribution in [2.45, 2.75) is 44.6 Å². The molecule has 6 nitrogen and oxygen atoms in total. The highest BCUT2D eigenvalue weighted by Gasteiger charge is 2.44. The maximum atomic E-state index is 14.8. The van der Waals surface area contributed by atoms with E-state index in [-0.39, 0.29) is 42.5 Å². The number of aryl methyl sites for hydroxylation is 1. The third-order valence-corrected chi connectivity index (χ3v) is 5.68. The van der Waals surface area contributed by atoms with Crippen molar-refractivity contribution in [2.24, 2.45) is 5.92 Å². The van der Waals surface area contributed by atoms with Gasteiger partial charge in [0.05, 0.1) is 11.5 Å². The van der Waals surface area contributed by atoms with Gasteiger partial charge >= 0.3 is 11.9 Å². The maximum Gasteiger partial charge on any atom is 0.352 e. The van der Waals surface area contributed by atoms with E-state index in [0.29, 0.717) is 12.1 Å². The molecule has 0 unspecified atom stereocenters. The lowest BCUT2D eigenvalue weighted by Gasteiger charge is -2.28. The van der Waals surface area contributed by atoms with E-state index in [9.17, 15) is 31.9 Å². The Morgan fingerprint density at radius 3 is 2.21 bits per heavy atom. The summed E-state index contributed by atoms with van der Waals surface area (Å²) in [5, 5.41) is 13.6. The molecule has 3 rings (SSSR count). The predicted molar refractivity (Wildman–Crippen MR) is 111 cm³/mol. The van der Waals surface area contributed by atoms with Crippen molar-refractivity contribution in [3.63, 3.8) is 0 Å². The number of carbonyl (C=O) groups is 3. The molecule has 1 aliphatic carbocycles. The average Bonchev–Trinajstić information content (AvgIpc) is 2.76. The van der Waals surface area contributed by atoms with E-state index in [2.05, 4.69) is 10.6 Å². The number of amides is 2. The fraction of sp³-hybridized carbons (Fsp3) is 0.348. The van der Waals surface area contributed by atoms with E-state index in [1.165, 1.54) is 19.1 Å². The van der Waals surface area contributed by atoms with E-state index in [1.807, 2.05) is 0 Å². The lowest BCUT2D eigenvalue weighted by atomic mass is 9.86. The summed E-state index contributed by atoms with van der Waals surface area (Å²) in [6.07, 6.45) is 0.888. The van der Waals surface area contributed by atoms with Crippen molar-refractivity contribution in [1.82, 2.24) is 5.32 Å². The highest BCUT2D eigenvalue weighted by molar-refractivity contribution is 6.04. The number of nitrogens with one attached hydrogen (secondary N) is 2. The second-order valence-corrected chi connectivity index (χ2v) is 8.05. The van der Waals surface area contributed by atoms with Gasteiger partial charge in [0, 0.05) is 17.3 Å². The molecule has 0 spiro atoms. The standard InChI is InChI=1S/C23H22F4N2O4/c1-12-10-16(7-9-18(12)24)28-20(30)14-4-8-19(25)17(11-14)23(26,27)22(33)29-15-5-2-13(3-6-15)21(31)32/h4,7-11,13,15H,2-3,5-6H2,1H3,(H,28,30)(H,29,33)(H,31,32). The van der Waals surface area contributed by atoms with Crippen molar-refractivity contribution in [3.05, 3.63) is 64.7 Å². The van der Waals surface area contributed by atoms with Crippen molar-refractivity contribution >= 4 is 23.5 Å². The summed E-state index contributed by atoms with van der Waals surface area (Å²) in [5.74, 6) is -10.2. The highest BCUT2D eigenvalue weighted by Crippen LogP contribution is 2.33. The summed E-state index contributed by atoms with van der Waals surface area (Å²) in [7, 11) is 0. The number of alkyl halides is 2. The van der Waals surface area contributed by atoms with Gasteiger partial charge in [0.1, 0.15) is 11.6 Å². The van der Waals surface area contributed by atoms with Gasteiger partial charge in [-0.05, 0) is 74.6 Å². The van der Waals surface area contributed by atoms with Gasteiger partial charge in [0.2, 0.25) is 0 Å². The van der Waals surface area contributed by atoms with Crippen LogP contribution >= 0.6 is 0 Å². The number of hydrogen-bond acceptors (Lipinski definition) is 3. The van der Waals surface area contributed by atoms with E-state index >= 15 is 0 Å². The Kier molecular flexibility index (Phi) is 7.04. The van der Waals surface area contributed by atoms with Gasteiger partial charge in [0.25, 0.3) is 11.8 Å². The molecule has 3 N–H and O–H groups in total. The van der Waals surface area contributed by atoms with Crippen molar-refractivity contribution in [2.75, 3.05) is 5.32 Å². The Morgan fingerprint density at radius 2 is 1.61 bits per heavy atom. The van der Waals surface area contributed by atoms with Crippen LogP contribution in [0.15, 0.2) is 36.4 Å². The van der Waals surface area contributed by atoms with Crippen LogP contribution in [0.4, 0.5) is 23.2 Å². The first-order valence-electron chi connectivity index (χ1n) is 10.3. The van der Waals surface area contributed by atoms with Crippen LogP contribution in [0.5, 0.6) is 0 Å². The molecular weight excluding hydrogens is 444 g/mol. The number of aliphatic carboxylic acids is 1. The number of carboxylic acid groups (broad SMARTS) is 1. The minimum absolute atomic E-state index is 0.209. The molecule has 2 amide bonds. The fourth-order valence-corrected chi connectivity index (χ4v) is 3.72. The van der Waals surface area contributed by atoms with E-state index in [1.54, 1.807) is 0 Å². The number of halogens is 4. The molecule has 0 bridgehead atoms. The van der Waals surface area contributed by atoms with Crippen LogP contribution in [0.1, 0.15) is 47.2 Å². The Hall–Kier alpha value is -3.43. The quantitative estimate of drug-likeness (QED) is 0.551. The monoisotopic (exact) mass is 466 g/mol. The number of hydrogen-bond donors (Lipinski definition) is 3. The molecule has 1 aliphatic rings. The highest BCUT2D eigenvalue weighted by atomic mass is 19.3. The Bertz CT molecular complexity index is 1080. The van der Waals surface area contributed by atoms with Gasteiger partial charge in [-0.3, -0.25) is 14.4 Å². The lowest BCUT2D eigenvalue weighted by molar-refractivity contribution is -0.148. The first kappa shape index (κ1) is 24.2. The zero-order chi connectivity index (χ0) is 24.3. The summed E-state index contributed by atoms with van der Waals surface area (Å²) in [6.45, 7) is 1.48. The fourth-order valence-electron chi connectivity index (χ4n) is 3.72. The van der Waals surface area contributed by atoms with Gasteiger partial charge in [-0.15, -0.1) is 0 Å². The van der Waals surface area contributed by atoms with E-state index in [0.717, 1.165) is 12.1 Å². The van der Waals surface area contributed by atoms with Crippen molar-refractivity contribution in [1.29, 1.82) is 0 Å².